The molecule has 0 amide bonds. The number of allylic oxidation sites excluding steroid dienone is 1. The summed E-state index contributed by atoms with van der Waals surface area (Å²) in [6.07, 6.45) is 2.78. The Morgan fingerprint density at radius 2 is 2.13 bits per heavy atom. The normalized spacial score (nSPS) is 11.5. The zero-order chi connectivity index (χ0) is 11.5. The summed E-state index contributed by atoms with van der Waals surface area (Å²) in [5.74, 6) is 0. The van der Waals surface area contributed by atoms with Gasteiger partial charge in [0.2, 0.25) is 10.0 Å². The van der Waals surface area contributed by atoms with Crippen LogP contribution < -0.4 is 5.14 Å². The maximum Gasteiger partial charge on any atom is 0.239 e. The van der Waals surface area contributed by atoms with Crippen LogP contribution in [0.3, 0.4) is 0 Å². The van der Waals surface area contributed by atoms with E-state index in [1.54, 1.807) is 0 Å². The predicted octanol–water partition coefficient (Wildman–Crippen LogP) is 1.52. The molecule has 2 N–H and O–H groups in total. The predicted molar refractivity (Wildman–Crippen MR) is 57.5 cm³/mol. The van der Waals surface area contributed by atoms with Crippen molar-refractivity contribution < 1.29 is 8.42 Å². The van der Waals surface area contributed by atoms with Crippen LogP contribution in [0.4, 0.5) is 0 Å². The molecule has 0 aliphatic heterocycles. The molecule has 0 fully saturated rings. The molecule has 1 rings (SSSR count). The smallest absolute Gasteiger partial charge is 0.225 e. The van der Waals surface area contributed by atoms with Crippen LogP contribution in [0.5, 0.6) is 0 Å². The number of benzene rings is 1. The fraction of sp³-hybridized carbons (Fsp3) is 0. The SMILES string of the molecule is N#CC=Cc1ccc(S(N)(=O)=O)c(Cl)c1. The summed E-state index contributed by atoms with van der Waals surface area (Å²) in [5, 5.41) is 13.3. The Morgan fingerprint density at radius 1 is 1.47 bits per heavy atom. The summed E-state index contributed by atoms with van der Waals surface area (Å²) < 4.78 is 22.0. The van der Waals surface area contributed by atoms with Gasteiger partial charge in [-0.1, -0.05) is 17.7 Å². The Labute approximate surface area is 92.6 Å². The van der Waals surface area contributed by atoms with Gasteiger partial charge in [-0.2, -0.15) is 5.26 Å². The topological polar surface area (TPSA) is 83.9 Å². The van der Waals surface area contributed by atoms with E-state index in [9.17, 15) is 8.42 Å². The first-order valence-corrected chi connectivity index (χ1v) is 5.76. The minimum absolute atomic E-state index is 0.0394. The van der Waals surface area contributed by atoms with E-state index in [0.717, 1.165) is 0 Å². The number of hydrogen-bond donors (Lipinski definition) is 1. The quantitative estimate of drug-likeness (QED) is 0.798. The van der Waals surface area contributed by atoms with Crippen LogP contribution in [0, 0.1) is 11.3 Å². The molecule has 0 saturated heterocycles. The standard InChI is InChI=1S/C9H7ClN2O2S/c10-8-6-7(2-1-5-11)3-4-9(8)15(12,13)14/h1-4,6H,(H2,12,13,14). The molecule has 4 nitrogen and oxygen atoms in total. The molecule has 1 aromatic rings. The van der Waals surface area contributed by atoms with E-state index < -0.39 is 10.0 Å². The van der Waals surface area contributed by atoms with Crippen LogP contribution in [0.1, 0.15) is 5.56 Å². The lowest BCUT2D eigenvalue weighted by atomic mass is 10.2. The second-order valence-corrected chi connectivity index (χ2v) is 4.63. The molecule has 1 aromatic carbocycles. The van der Waals surface area contributed by atoms with Crippen molar-refractivity contribution in [3.8, 4) is 6.07 Å². The van der Waals surface area contributed by atoms with E-state index in [4.69, 9.17) is 22.0 Å². The molecule has 0 radical (unpaired) electrons. The lowest BCUT2D eigenvalue weighted by molar-refractivity contribution is 0.598. The first kappa shape index (κ1) is 11.7. The van der Waals surface area contributed by atoms with Crippen molar-refractivity contribution >= 4 is 27.7 Å². The van der Waals surface area contributed by atoms with E-state index >= 15 is 0 Å². The molecule has 78 valence electrons. The molecule has 15 heavy (non-hydrogen) atoms. The molecule has 0 aromatic heterocycles. The second-order valence-electron chi connectivity index (χ2n) is 2.70. The summed E-state index contributed by atoms with van der Waals surface area (Å²) in [6, 6.07) is 6.05. The lowest BCUT2D eigenvalue weighted by Crippen LogP contribution is -2.12. The summed E-state index contributed by atoms with van der Waals surface area (Å²) >= 11 is 5.72. The van der Waals surface area contributed by atoms with Crippen molar-refractivity contribution in [2.75, 3.05) is 0 Å². The van der Waals surface area contributed by atoms with Crippen molar-refractivity contribution in [3.63, 3.8) is 0 Å². The van der Waals surface area contributed by atoms with Crippen LogP contribution in [0.25, 0.3) is 6.08 Å². The van der Waals surface area contributed by atoms with Gasteiger partial charge in [0, 0.05) is 6.08 Å². The van der Waals surface area contributed by atoms with Gasteiger partial charge >= 0.3 is 0 Å². The van der Waals surface area contributed by atoms with Gasteiger partial charge in [0.25, 0.3) is 0 Å². The number of nitrogens with two attached hydrogens (primary N) is 1. The van der Waals surface area contributed by atoms with Crippen LogP contribution in [0.2, 0.25) is 5.02 Å². The molecule has 0 bridgehead atoms. The number of nitrogens with zero attached hydrogens (tertiary/aromatic N) is 1. The summed E-state index contributed by atoms with van der Waals surface area (Å²) in [5.41, 5.74) is 0.633. The maximum absolute atomic E-state index is 11.0. The minimum Gasteiger partial charge on any atom is -0.225 e. The van der Waals surface area contributed by atoms with Crippen LogP contribution in [-0.2, 0) is 10.0 Å². The average Bonchev–Trinajstić information content (AvgIpc) is 2.12. The number of primary sulfonamides is 1. The molecule has 0 saturated carbocycles. The van der Waals surface area contributed by atoms with Gasteiger partial charge in [-0.15, -0.1) is 0 Å². The summed E-state index contributed by atoms with van der Waals surface area (Å²) in [4.78, 5) is -0.127. The van der Waals surface area contributed by atoms with Crippen molar-refractivity contribution in [2.24, 2.45) is 5.14 Å². The number of halogens is 1. The van der Waals surface area contributed by atoms with Gasteiger partial charge in [-0.05, 0) is 23.8 Å². The lowest BCUT2D eigenvalue weighted by Gasteiger charge is -2.01. The molecule has 0 aliphatic rings. The number of sulfonamides is 1. The number of rotatable bonds is 2. The molecular formula is C9H7ClN2O2S. The Hall–Kier alpha value is -1.35. The van der Waals surface area contributed by atoms with E-state index in [2.05, 4.69) is 0 Å². The molecule has 0 spiro atoms. The minimum atomic E-state index is -3.79. The molecule has 0 heterocycles. The molecule has 0 aliphatic carbocycles. The number of hydrogen-bond acceptors (Lipinski definition) is 3. The monoisotopic (exact) mass is 242 g/mol. The zero-order valence-corrected chi connectivity index (χ0v) is 9.09. The van der Waals surface area contributed by atoms with Gasteiger partial charge < -0.3 is 0 Å². The van der Waals surface area contributed by atoms with E-state index in [1.165, 1.54) is 30.4 Å². The highest BCUT2D eigenvalue weighted by Crippen LogP contribution is 2.21. The van der Waals surface area contributed by atoms with Gasteiger partial charge in [-0.25, -0.2) is 13.6 Å². The molecule has 0 unspecified atom stereocenters. The van der Waals surface area contributed by atoms with E-state index in [-0.39, 0.29) is 9.92 Å². The highest BCUT2D eigenvalue weighted by molar-refractivity contribution is 7.89. The van der Waals surface area contributed by atoms with E-state index in [1.807, 2.05) is 6.07 Å². The van der Waals surface area contributed by atoms with Gasteiger partial charge in [0.15, 0.2) is 0 Å². The molecule has 6 heteroatoms. The third-order valence-corrected chi connectivity index (χ3v) is 3.01. The molecule has 0 atom stereocenters. The third-order valence-electron chi connectivity index (χ3n) is 1.61. The highest BCUT2D eigenvalue weighted by Gasteiger charge is 2.12. The van der Waals surface area contributed by atoms with Crippen molar-refractivity contribution in [3.05, 3.63) is 34.9 Å². The number of nitriles is 1. The highest BCUT2D eigenvalue weighted by atomic mass is 35.5. The van der Waals surface area contributed by atoms with Gasteiger partial charge in [0.05, 0.1) is 11.1 Å². The first-order valence-electron chi connectivity index (χ1n) is 3.83. The Kier molecular flexibility index (Phi) is 3.48. The van der Waals surface area contributed by atoms with Crippen LogP contribution in [0.15, 0.2) is 29.2 Å². The largest absolute Gasteiger partial charge is 0.239 e. The van der Waals surface area contributed by atoms with E-state index in [0.29, 0.717) is 5.56 Å². The maximum atomic E-state index is 11.0. The fourth-order valence-corrected chi connectivity index (χ4v) is 2.09. The van der Waals surface area contributed by atoms with Gasteiger partial charge in [-0.3, -0.25) is 0 Å². The first-order chi connectivity index (χ1) is 6.95. The van der Waals surface area contributed by atoms with Gasteiger partial charge in [0.1, 0.15) is 4.90 Å². The van der Waals surface area contributed by atoms with Crippen LogP contribution >= 0.6 is 11.6 Å². The zero-order valence-electron chi connectivity index (χ0n) is 7.51. The van der Waals surface area contributed by atoms with Crippen molar-refractivity contribution in [2.45, 2.75) is 4.90 Å². The van der Waals surface area contributed by atoms with Crippen molar-refractivity contribution in [1.29, 1.82) is 5.26 Å². The Bertz CT molecular complexity index is 544. The fourth-order valence-electron chi connectivity index (χ4n) is 0.985. The third kappa shape index (κ3) is 3.06. The average molecular weight is 243 g/mol. The Balaban J connectivity index is 3.22. The van der Waals surface area contributed by atoms with Crippen molar-refractivity contribution in [1.82, 2.24) is 0 Å². The second kappa shape index (κ2) is 4.45. The molecular weight excluding hydrogens is 236 g/mol. The Morgan fingerprint density at radius 3 is 2.60 bits per heavy atom. The summed E-state index contributed by atoms with van der Waals surface area (Å²) in [6.45, 7) is 0. The summed E-state index contributed by atoms with van der Waals surface area (Å²) in [7, 11) is -3.79. The van der Waals surface area contributed by atoms with Crippen LogP contribution in [-0.4, -0.2) is 8.42 Å².